The molecule has 8 heteroatoms. The molecule has 3 amide bonds. The maximum Gasteiger partial charge on any atom is 0.243 e. The van der Waals surface area contributed by atoms with E-state index in [2.05, 4.69) is 10.6 Å². The van der Waals surface area contributed by atoms with E-state index < -0.39 is 35.6 Å². The second-order valence-corrected chi connectivity index (χ2v) is 6.87. The van der Waals surface area contributed by atoms with Gasteiger partial charge in [0.1, 0.15) is 23.7 Å². The first-order valence-corrected chi connectivity index (χ1v) is 8.89. The molecule has 1 aromatic carbocycles. The van der Waals surface area contributed by atoms with Gasteiger partial charge in [0.15, 0.2) is 0 Å². The highest BCUT2D eigenvalue weighted by Gasteiger charge is 2.33. The van der Waals surface area contributed by atoms with Crippen molar-refractivity contribution in [2.24, 2.45) is 11.7 Å². The van der Waals surface area contributed by atoms with Crippen LogP contribution in [0.15, 0.2) is 24.3 Å². The molecule has 0 heterocycles. The van der Waals surface area contributed by atoms with Gasteiger partial charge in [-0.3, -0.25) is 19.2 Å². The fourth-order valence-electron chi connectivity index (χ4n) is 3.37. The van der Waals surface area contributed by atoms with E-state index in [-0.39, 0.29) is 24.5 Å². The Balaban J connectivity index is 2.13. The number of ketones is 1. The van der Waals surface area contributed by atoms with Crippen LogP contribution in [0, 0.1) is 11.7 Å². The molecule has 7 nitrogen and oxygen atoms in total. The summed E-state index contributed by atoms with van der Waals surface area (Å²) in [6, 6.07) is 3.70. The molecule has 0 spiro atoms. The number of benzene rings is 1. The number of hydrogen-bond donors (Lipinski definition) is 3. The lowest BCUT2D eigenvalue weighted by atomic mass is 9.82. The molecule has 0 unspecified atom stereocenters. The molecule has 1 fully saturated rings. The summed E-state index contributed by atoms with van der Waals surface area (Å²) < 4.78 is 13.4. The molecule has 0 radical (unpaired) electrons. The molecule has 0 saturated heterocycles. The summed E-state index contributed by atoms with van der Waals surface area (Å²) in [6.07, 6.45) is 1.95. The average molecular weight is 377 g/mol. The third-order valence-electron chi connectivity index (χ3n) is 4.62. The smallest absolute Gasteiger partial charge is 0.243 e. The monoisotopic (exact) mass is 377 g/mol. The fourth-order valence-corrected chi connectivity index (χ4v) is 3.37. The van der Waals surface area contributed by atoms with Gasteiger partial charge in [0.2, 0.25) is 17.7 Å². The minimum atomic E-state index is -0.995. The van der Waals surface area contributed by atoms with Crippen LogP contribution in [0.3, 0.4) is 0 Å². The van der Waals surface area contributed by atoms with Gasteiger partial charge in [0.05, 0.1) is 0 Å². The van der Waals surface area contributed by atoms with Crippen LogP contribution >= 0.6 is 0 Å². The van der Waals surface area contributed by atoms with E-state index in [4.69, 9.17) is 5.73 Å². The molecule has 0 bridgehead atoms. The zero-order chi connectivity index (χ0) is 20.0. The topological polar surface area (TPSA) is 118 Å². The van der Waals surface area contributed by atoms with E-state index in [1.165, 1.54) is 25.1 Å². The second kappa shape index (κ2) is 9.25. The summed E-state index contributed by atoms with van der Waals surface area (Å²) in [6.45, 7) is 1.26. The van der Waals surface area contributed by atoms with Crippen molar-refractivity contribution in [3.05, 3.63) is 35.6 Å². The number of nitrogens with two attached hydrogens (primary N) is 1. The lowest BCUT2D eigenvalue weighted by Crippen LogP contribution is -2.56. The molecule has 4 N–H and O–H groups in total. The minimum absolute atomic E-state index is 0.0323. The summed E-state index contributed by atoms with van der Waals surface area (Å²) >= 11 is 0. The van der Waals surface area contributed by atoms with Crippen LogP contribution in [-0.2, 0) is 25.6 Å². The Kier molecular flexibility index (Phi) is 7.04. The molecule has 1 aromatic rings. The predicted octanol–water partition coefficient (Wildman–Crippen LogP) is 0.602. The van der Waals surface area contributed by atoms with Crippen molar-refractivity contribution in [1.82, 2.24) is 10.6 Å². The first-order chi connectivity index (χ1) is 12.8. The number of hydrogen-bond acceptors (Lipinski definition) is 4. The molecule has 1 saturated carbocycles. The van der Waals surface area contributed by atoms with Crippen LogP contribution in [0.25, 0.3) is 0 Å². The molecule has 1 aliphatic carbocycles. The number of rotatable bonds is 7. The van der Waals surface area contributed by atoms with Gasteiger partial charge in [0.25, 0.3) is 0 Å². The predicted molar refractivity (Wildman–Crippen MR) is 95.8 cm³/mol. The van der Waals surface area contributed by atoms with Crippen LogP contribution in [0.2, 0.25) is 0 Å². The fraction of sp³-hybridized carbons (Fsp3) is 0.474. The molecule has 1 aliphatic rings. The number of carbonyl (C=O) groups is 4. The zero-order valence-electron chi connectivity index (χ0n) is 15.2. The van der Waals surface area contributed by atoms with Crippen LogP contribution in [0.1, 0.15) is 38.2 Å². The van der Waals surface area contributed by atoms with Gasteiger partial charge in [-0.1, -0.05) is 12.1 Å². The minimum Gasteiger partial charge on any atom is -0.368 e. The Morgan fingerprint density at radius 1 is 1.30 bits per heavy atom. The second-order valence-electron chi connectivity index (χ2n) is 6.87. The number of carbonyl (C=O) groups excluding carboxylic acids is 4. The summed E-state index contributed by atoms with van der Waals surface area (Å²) in [7, 11) is 0. The van der Waals surface area contributed by atoms with Crippen molar-refractivity contribution < 1.29 is 23.6 Å². The molecule has 2 rings (SSSR count). The molecule has 0 aromatic heterocycles. The Labute approximate surface area is 156 Å². The molecule has 3 atom stereocenters. The van der Waals surface area contributed by atoms with Crippen molar-refractivity contribution in [1.29, 1.82) is 0 Å². The lowest BCUT2D eigenvalue weighted by molar-refractivity contribution is -0.132. The number of halogens is 1. The largest absolute Gasteiger partial charge is 0.368 e. The Hall–Kier alpha value is -2.77. The van der Waals surface area contributed by atoms with E-state index in [9.17, 15) is 23.6 Å². The highest BCUT2D eigenvalue weighted by Crippen LogP contribution is 2.24. The first kappa shape index (κ1) is 20.5. The zero-order valence-corrected chi connectivity index (χ0v) is 15.2. The highest BCUT2D eigenvalue weighted by atomic mass is 19.1. The summed E-state index contributed by atoms with van der Waals surface area (Å²) in [4.78, 5) is 47.7. The van der Waals surface area contributed by atoms with Gasteiger partial charge in [-0.25, -0.2) is 4.39 Å². The maximum absolute atomic E-state index is 13.4. The quantitative estimate of drug-likeness (QED) is 0.645. The van der Waals surface area contributed by atoms with E-state index >= 15 is 0 Å². The van der Waals surface area contributed by atoms with Crippen LogP contribution in [0.5, 0.6) is 0 Å². The van der Waals surface area contributed by atoms with E-state index in [0.717, 1.165) is 0 Å². The van der Waals surface area contributed by atoms with E-state index in [0.29, 0.717) is 24.8 Å². The molecule has 27 heavy (non-hydrogen) atoms. The van der Waals surface area contributed by atoms with Gasteiger partial charge in [0, 0.05) is 26.2 Å². The number of amides is 3. The molecule has 146 valence electrons. The SMILES string of the molecule is CC(=O)N[C@@H](Cc1cccc(F)c1)C(=O)N[C@H](C(N)=O)[C@@H]1CCCC(=O)C1. The Morgan fingerprint density at radius 2 is 2.04 bits per heavy atom. The molecule has 0 aliphatic heterocycles. The normalized spacial score (nSPS) is 19.0. The van der Waals surface area contributed by atoms with Gasteiger partial charge in [-0.15, -0.1) is 0 Å². The van der Waals surface area contributed by atoms with Gasteiger partial charge < -0.3 is 16.4 Å². The number of primary amides is 1. The van der Waals surface area contributed by atoms with Crippen molar-refractivity contribution in [2.45, 2.75) is 51.1 Å². The van der Waals surface area contributed by atoms with E-state index in [1.54, 1.807) is 6.07 Å². The summed E-state index contributed by atoms with van der Waals surface area (Å²) in [5.41, 5.74) is 5.95. The summed E-state index contributed by atoms with van der Waals surface area (Å²) in [5, 5.41) is 5.08. The maximum atomic E-state index is 13.4. The molecular formula is C19H24FN3O4. The molecular weight excluding hydrogens is 353 g/mol. The van der Waals surface area contributed by atoms with E-state index in [1.807, 2.05) is 0 Å². The standard InChI is InChI=1S/C19H24FN3O4/c1-11(24)22-16(9-12-4-2-6-14(20)8-12)19(27)23-17(18(21)26)13-5-3-7-15(25)10-13/h2,4,6,8,13,16-17H,3,5,7,9-10H2,1H3,(H2,21,26)(H,22,24)(H,23,27)/t13-,16+,17+/m1/s1. The first-order valence-electron chi connectivity index (χ1n) is 8.89. The lowest BCUT2D eigenvalue weighted by Gasteiger charge is -2.29. The highest BCUT2D eigenvalue weighted by molar-refractivity contribution is 5.92. The Bertz CT molecular complexity index is 737. The third-order valence-corrected chi connectivity index (χ3v) is 4.62. The van der Waals surface area contributed by atoms with Crippen LogP contribution in [0.4, 0.5) is 4.39 Å². The third kappa shape index (κ3) is 6.16. The van der Waals surface area contributed by atoms with Crippen molar-refractivity contribution in [3.8, 4) is 0 Å². The van der Waals surface area contributed by atoms with Crippen molar-refractivity contribution in [3.63, 3.8) is 0 Å². The van der Waals surface area contributed by atoms with Gasteiger partial charge in [-0.05, 0) is 36.5 Å². The summed E-state index contributed by atoms with van der Waals surface area (Å²) in [5.74, 6) is -2.54. The van der Waals surface area contributed by atoms with Crippen molar-refractivity contribution >= 4 is 23.5 Å². The van der Waals surface area contributed by atoms with Gasteiger partial charge >= 0.3 is 0 Å². The van der Waals surface area contributed by atoms with Crippen molar-refractivity contribution in [2.75, 3.05) is 0 Å². The Morgan fingerprint density at radius 3 is 2.63 bits per heavy atom. The average Bonchev–Trinajstić information content (AvgIpc) is 2.58. The van der Waals surface area contributed by atoms with Crippen LogP contribution in [-0.4, -0.2) is 35.6 Å². The van der Waals surface area contributed by atoms with Gasteiger partial charge in [-0.2, -0.15) is 0 Å². The van der Waals surface area contributed by atoms with Crippen LogP contribution < -0.4 is 16.4 Å². The number of Topliss-reactive ketones (excluding diaryl/α,β-unsaturated/α-hetero) is 1. The number of nitrogens with one attached hydrogen (secondary N) is 2.